The van der Waals surface area contributed by atoms with Crippen LogP contribution >= 0.6 is 0 Å². The highest BCUT2D eigenvalue weighted by atomic mass is 19.3. The van der Waals surface area contributed by atoms with Gasteiger partial charge in [0.15, 0.2) is 11.3 Å². The van der Waals surface area contributed by atoms with E-state index in [9.17, 15) is 37.9 Å². The van der Waals surface area contributed by atoms with Crippen LogP contribution in [0.15, 0.2) is 42.9 Å². The number of carbonyl (C=O) groups excluding carboxylic acids is 5. The molecule has 4 aliphatic rings. The molecule has 3 fully saturated rings. The third kappa shape index (κ3) is 9.04. The molecule has 2 aliphatic carbocycles. The van der Waals surface area contributed by atoms with Crippen LogP contribution in [0.1, 0.15) is 134 Å². The first-order valence-corrected chi connectivity index (χ1v) is 21.4. The van der Waals surface area contributed by atoms with Gasteiger partial charge in [-0.25, -0.2) is 18.3 Å². The highest BCUT2D eigenvalue weighted by Crippen LogP contribution is 2.37. The van der Waals surface area contributed by atoms with Crippen LogP contribution in [0.5, 0.6) is 0 Å². The monoisotopic (exact) mass is 857 g/mol. The zero-order valence-electron chi connectivity index (χ0n) is 35.1. The van der Waals surface area contributed by atoms with Crippen LogP contribution in [-0.4, -0.2) is 113 Å². The molecule has 5 N–H and O–H groups in total. The number of fused-ring (bicyclic) bond motifs is 2. The molecule has 330 valence electrons. The Morgan fingerprint density at radius 2 is 1.76 bits per heavy atom. The minimum atomic E-state index is -2.90. The molecule has 5 amide bonds. The SMILES string of the molecule is CN(C[C@H]1CC[C@H](n2cc(NC(=O)c3cnn4ccc(NCCC(C)(C)O)nc34)c(C(F)F)n2)CC1)C1CCC(Nc2cccc3c2C(=O)N(C2CCC(=O)NC2=O)C3=O)CC1. The molecule has 4 aromatic rings. The van der Waals surface area contributed by atoms with Gasteiger partial charge in [-0.15, -0.1) is 0 Å². The second kappa shape index (κ2) is 17.5. The number of nitrogens with zero attached hydrogens (tertiary/aromatic N) is 7. The van der Waals surface area contributed by atoms with Gasteiger partial charge >= 0.3 is 0 Å². The molecule has 1 saturated heterocycles. The molecule has 0 spiro atoms. The number of imide groups is 2. The molecular formula is C43H53F2N11O6. The number of rotatable bonds is 14. The molecule has 62 heavy (non-hydrogen) atoms. The molecule has 1 unspecified atom stereocenters. The Balaban J connectivity index is 0.821. The number of alkyl halides is 2. The quantitative estimate of drug-likeness (QED) is 0.104. The van der Waals surface area contributed by atoms with E-state index < -0.39 is 53.3 Å². The van der Waals surface area contributed by atoms with Crippen LogP contribution in [0.2, 0.25) is 0 Å². The minimum absolute atomic E-state index is 0.0540. The Labute approximate surface area is 357 Å². The summed E-state index contributed by atoms with van der Waals surface area (Å²) in [6, 6.07) is 6.17. The molecule has 0 radical (unpaired) electrons. The molecule has 2 aliphatic heterocycles. The van der Waals surface area contributed by atoms with Gasteiger partial charge in [0.05, 0.1) is 34.7 Å². The van der Waals surface area contributed by atoms with Crippen LogP contribution < -0.4 is 21.3 Å². The lowest BCUT2D eigenvalue weighted by Gasteiger charge is -2.38. The van der Waals surface area contributed by atoms with E-state index in [2.05, 4.69) is 48.4 Å². The molecule has 19 heteroatoms. The normalized spacial score (nSPS) is 23.3. The number of hydrogen-bond acceptors (Lipinski definition) is 12. The van der Waals surface area contributed by atoms with Gasteiger partial charge in [-0.2, -0.15) is 10.2 Å². The summed E-state index contributed by atoms with van der Waals surface area (Å²) in [5.41, 5.74) is 0.0561. The third-order valence-electron chi connectivity index (χ3n) is 12.8. The van der Waals surface area contributed by atoms with Crippen molar-refractivity contribution in [2.75, 3.05) is 36.1 Å². The number of halogens is 2. The first kappa shape index (κ1) is 42.9. The van der Waals surface area contributed by atoms with E-state index in [0.717, 1.165) is 62.8 Å². The van der Waals surface area contributed by atoms with Crippen LogP contribution in [0, 0.1) is 5.92 Å². The first-order chi connectivity index (χ1) is 29.6. The van der Waals surface area contributed by atoms with Crippen molar-refractivity contribution in [3.63, 3.8) is 0 Å². The van der Waals surface area contributed by atoms with Gasteiger partial charge in [0.1, 0.15) is 17.4 Å². The maximum Gasteiger partial charge on any atom is 0.284 e. The summed E-state index contributed by atoms with van der Waals surface area (Å²) in [6.07, 6.45) is 9.17. The van der Waals surface area contributed by atoms with E-state index in [1.54, 1.807) is 49.0 Å². The average Bonchev–Trinajstić information content (AvgIpc) is 3.92. The van der Waals surface area contributed by atoms with Gasteiger partial charge < -0.3 is 26.0 Å². The summed E-state index contributed by atoms with van der Waals surface area (Å²) in [4.78, 5) is 72.4. The Morgan fingerprint density at radius 3 is 2.47 bits per heavy atom. The van der Waals surface area contributed by atoms with Crippen molar-refractivity contribution in [1.82, 2.24) is 39.5 Å². The zero-order valence-corrected chi connectivity index (χ0v) is 35.1. The van der Waals surface area contributed by atoms with E-state index in [1.807, 2.05) is 0 Å². The number of aromatic nitrogens is 5. The lowest BCUT2D eigenvalue weighted by atomic mass is 9.84. The van der Waals surface area contributed by atoms with Crippen molar-refractivity contribution in [3.8, 4) is 0 Å². The molecule has 2 saturated carbocycles. The molecule has 8 rings (SSSR count). The van der Waals surface area contributed by atoms with E-state index in [1.165, 1.54) is 16.9 Å². The molecule has 0 bridgehead atoms. The lowest BCUT2D eigenvalue weighted by molar-refractivity contribution is -0.136. The van der Waals surface area contributed by atoms with Crippen molar-refractivity contribution < 1.29 is 37.9 Å². The Hall–Kier alpha value is -5.82. The largest absolute Gasteiger partial charge is 0.390 e. The van der Waals surface area contributed by atoms with Crippen LogP contribution in [0.3, 0.4) is 0 Å². The number of benzene rings is 1. The summed E-state index contributed by atoms with van der Waals surface area (Å²) < 4.78 is 31.5. The van der Waals surface area contributed by atoms with Crippen LogP contribution in [0.25, 0.3) is 5.65 Å². The highest BCUT2D eigenvalue weighted by Gasteiger charge is 2.46. The molecular weight excluding hydrogens is 805 g/mol. The molecule has 1 atom stereocenters. The van der Waals surface area contributed by atoms with Crippen LogP contribution in [0.4, 0.5) is 26.0 Å². The van der Waals surface area contributed by atoms with Gasteiger partial charge in [-0.1, -0.05) is 6.07 Å². The van der Waals surface area contributed by atoms with Crippen molar-refractivity contribution in [2.24, 2.45) is 5.92 Å². The minimum Gasteiger partial charge on any atom is -0.390 e. The van der Waals surface area contributed by atoms with Crippen molar-refractivity contribution in [1.29, 1.82) is 0 Å². The third-order valence-corrected chi connectivity index (χ3v) is 12.8. The van der Waals surface area contributed by atoms with Gasteiger partial charge in [0.2, 0.25) is 11.8 Å². The number of hydrogen-bond donors (Lipinski definition) is 5. The first-order valence-electron chi connectivity index (χ1n) is 21.4. The summed E-state index contributed by atoms with van der Waals surface area (Å²) in [5, 5.41) is 30.0. The van der Waals surface area contributed by atoms with Crippen LogP contribution in [-0.2, 0) is 9.59 Å². The highest BCUT2D eigenvalue weighted by molar-refractivity contribution is 6.25. The number of anilines is 3. The second-order valence-electron chi connectivity index (χ2n) is 17.7. The van der Waals surface area contributed by atoms with E-state index >= 15 is 0 Å². The number of aliphatic hydroxyl groups is 1. The summed E-state index contributed by atoms with van der Waals surface area (Å²) in [7, 11) is 2.15. The second-order valence-corrected chi connectivity index (χ2v) is 17.7. The summed E-state index contributed by atoms with van der Waals surface area (Å²) in [6.45, 7) is 4.77. The lowest BCUT2D eigenvalue weighted by Crippen LogP contribution is -2.54. The fraction of sp³-hybridized carbons (Fsp3) is 0.535. The fourth-order valence-electron chi connectivity index (χ4n) is 9.33. The van der Waals surface area contributed by atoms with E-state index in [4.69, 9.17) is 0 Å². The predicted molar refractivity (Wildman–Crippen MR) is 224 cm³/mol. The van der Waals surface area contributed by atoms with Gasteiger partial charge in [-0.05, 0) is 109 Å². The number of amides is 5. The molecule has 17 nitrogen and oxygen atoms in total. The van der Waals surface area contributed by atoms with E-state index in [-0.39, 0.29) is 53.0 Å². The Bertz CT molecular complexity index is 2360. The average molecular weight is 858 g/mol. The standard InChI is InChI=1S/C43H53F2N11O6/c1-43(2,62)18-19-46-33-17-20-54-38(50-33)29(21-47-54)39(58)49-31-23-55(52-36(31)37(44)45)27-11-7-24(8-12-27)22-53(3)26-13-9-25(10-14-26)48-30-6-4-5-28-35(30)42(61)56(41(28)60)32-15-16-34(57)51-40(32)59/h4-6,17,20-21,23-27,32,37,48,62H,7-16,18-19,22H2,1-3H3,(H,46,50)(H,49,58)(H,51,57,59)/t24-,25?,26?,27-,32?. The topological polar surface area (TPSA) is 208 Å². The Morgan fingerprint density at radius 1 is 1.00 bits per heavy atom. The predicted octanol–water partition coefficient (Wildman–Crippen LogP) is 5.18. The summed E-state index contributed by atoms with van der Waals surface area (Å²) in [5.74, 6) is -1.83. The smallest absolute Gasteiger partial charge is 0.284 e. The number of piperidine rings is 1. The Kier molecular flexibility index (Phi) is 12.1. The maximum absolute atomic E-state index is 14.3. The molecule has 5 heterocycles. The van der Waals surface area contributed by atoms with Gasteiger partial charge in [0.25, 0.3) is 24.1 Å². The number of nitrogens with one attached hydrogen (secondary N) is 4. The number of carbonyl (C=O) groups is 5. The zero-order chi connectivity index (χ0) is 43.9. The summed E-state index contributed by atoms with van der Waals surface area (Å²) >= 11 is 0. The molecule has 1 aromatic carbocycles. The fourth-order valence-corrected chi connectivity index (χ4v) is 9.33. The van der Waals surface area contributed by atoms with Gasteiger partial charge in [-0.3, -0.25) is 38.9 Å². The van der Waals surface area contributed by atoms with Gasteiger partial charge in [0, 0.05) is 49.7 Å². The van der Waals surface area contributed by atoms with Crippen molar-refractivity contribution in [2.45, 2.75) is 121 Å². The van der Waals surface area contributed by atoms with E-state index in [0.29, 0.717) is 36.4 Å². The maximum atomic E-state index is 14.3. The van der Waals surface area contributed by atoms with Crippen molar-refractivity contribution >= 4 is 52.4 Å². The van der Waals surface area contributed by atoms with Crippen molar-refractivity contribution in [3.05, 3.63) is 65.2 Å². The molecule has 3 aromatic heterocycles.